The molecule has 1 fully saturated rings. The lowest BCUT2D eigenvalue weighted by atomic mass is 10.2. The summed E-state index contributed by atoms with van der Waals surface area (Å²) in [6, 6.07) is 9.85. The molecule has 1 aromatic carbocycles. The molecule has 2 rings (SSSR count). The first-order chi connectivity index (χ1) is 8.65. The van der Waals surface area contributed by atoms with Gasteiger partial charge in [-0.05, 0) is 25.5 Å². The van der Waals surface area contributed by atoms with E-state index in [2.05, 4.69) is 0 Å². The Morgan fingerprint density at radius 2 is 1.83 bits per heavy atom. The predicted octanol–water partition coefficient (Wildman–Crippen LogP) is 2.34. The molecule has 1 heterocycles. The first-order valence-electron chi connectivity index (χ1n) is 6.32. The Hall–Kier alpha value is -1.61. The number of hydrogen-bond donors (Lipinski definition) is 0. The van der Waals surface area contributed by atoms with Gasteiger partial charge in [0, 0.05) is 19.2 Å². The Bertz CT molecular complexity index is 417. The van der Waals surface area contributed by atoms with Crippen molar-refractivity contribution in [2.45, 2.75) is 26.1 Å². The van der Waals surface area contributed by atoms with Crippen LogP contribution in [0.5, 0.6) is 0 Å². The summed E-state index contributed by atoms with van der Waals surface area (Å²) in [5, 5.41) is 0. The van der Waals surface area contributed by atoms with Crippen molar-refractivity contribution in [1.82, 2.24) is 4.90 Å². The second-order valence-corrected chi connectivity index (χ2v) is 4.74. The standard InChI is InChI=1S/C15H19NO2/c1-12-10-16(11-13(2)18-12)15(17)9-8-14-6-4-3-5-7-14/h3-9,12-13H,10-11H2,1-2H3/b9-8+/t12-,13+. The zero-order chi connectivity index (χ0) is 13.0. The summed E-state index contributed by atoms with van der Waals surface area (Å²) in [6.07, 6.45) is 3.72. The van der Waals surface area contributed by atoms with Gasteiger partial charge in [-0.15, -0.1) is 0 Å². The van der Waals surface area contributed by atoms with Gasteiger partial charge < -0.3 is 9.64 Å². The molecule has 0 bridgehead atoms. The van der Waals surface area contributed by atoms with Gasteiger partial charge in [0.1, 0.15) is 0 Å². The number of hydrogen-bond acceptors (Lipinski definition) is 2. The number of benzene rings is 1. The van der Waals surface area contributed by atoms with Crippen LogP contribution in [0.4, 0.5) is 0 Å². The van der Waals surface area contributed by atoms with Gasteiger partial charge in [0.05, 0.1) is 12.2 Å². The average molecular weight is 245 g/mol. The van der Waals surface area contributed by atoms with Crippen LogP contribution in [0.3, 0.4) is 0 Å². The van der Waals surface area contributed by atoms with Crippen LogP contribution in [-0.2, 0) is 9.53 Å². The number of carbonyl (C=O) groups is 1. The van der Waals surface area contributed by atoms with Gasteiger partial charge in [-0.3, -0.25) is 4.79 Å². The van der Waals surface area contributed by atoms with E-state index in [-0.39, 0.29) is 18.1 Å². The average Bonchev–Trinajstić information content (AvgIpc) is 2.36. The van der Waals surface area contributed by atoms with Crippen molar-refractivity contribution in [1.29, 1.82) is 0 Å². The van der Waals surface area contributed by atoms with Gasteiger partial charge in [0.2, 0.25) is 5.91 Å². The minimum absolute atomic E-state index is 0.0563. The number of nitrogens with zero attached hydrogens (tertiary/aromatic N) is 1. The third-order valence-electron chi connectivity index (χ3n) is 2.95. The zero-order valence-electron chi connectivity index (χ0n) is 10.9. The van der Waals surface area contributed by atoms with Crippen LogP contribution in [0.1, 0.15) is 19.4 Å². The van der Waals surface area contributed by atoms with Crippen LogP contribution < -0.4 is 0 Å². The molecule has 3 heteroatoms. The molecule has 1 aliphatic rings. The monoisotopic (exact) mass is 245 g/mol. The van der Waals surface area contributed by atoms with Crippen LogP contribution >= 0.6 is 0 Å². The van der Waals surface area contributed by atoms with E-state index >= 15 is 0 Å². The molecule has 2 atom stereocenters. The zero-order valence-corrected chi connectivity index (χ0v) is 10.9. The van der Waals surface area contributed by atoms with Crippen LogP contribution in [0, 0.1) is 0 Å². The van der Waals surface area contributed by atoms with E-state index in [1.54, 1.807) is 6.08 Å². The molecule has 0 N–H and O–H groups in total. The van der Waals surface area contributed by atoms with Gasteiger partial charge in [-0.1, -0.05) is 30.3 Å². The largest absolute Gasteiger partial charge is 0.372 e. The quantitative estimate of drug-likeness (QED) is 0.748. The molecule has 0 aromatic heterocycles. The van der Waals surface area contributed by atoms with E-state index in [0.29, 0.717) is 13.1 Å². The van der Waals surface area contributed by atoms with Crippen LogP contribution in [0.25, 0.3) is 6.08 Å². The summed E-state index contributed by atoms with van der Waals surface area (Å²) >= 11 is 0. The fourth-order valence-electron chi connectivity index (χ4n) is 2.19. The Kier molecular flexibility index (Phi) is 4.15. The Labute approximate surface area is 108 Å². The lowest BCUT2D eigenvalue weighted by Crippen LogP contribution is -2.47. The first kappa shape index (κ1) is 12.8. The minimum Gasteiger partial charge on any atom is -0.372 e. The SMILES string of the molecule is C[C@@H]1CN(C(=O)/C=C/c2ccccc2)C[C@H](C)O1. The molecule has 1 aromatic rings. The number of carbonyl (C=O) groups excluding carboxylic acids is 1. The van der Waals surface area contributed by atoms with E-state index < -0.39 is 0 Å². The molecule has 18 heavy (non-hydrogen) atoms. The molecule has 96 valence electrons. The minimum atomic E-state index is 0.0563. The highest BCUT2D eigenvalue weighted by Gasteiger charge is 2.24. The summed E-state index contributed by atoms with van der Waals surface area (Å²) in [5.41, 5.74) is 1.04. The molecule has 0 unspecified atom stereocenters. The van der Waals surface area contributed by atoms with Crippen molar-refractivity contribution in [3.05, 3.63) is 42.0 Å². The number of rotatable bonds is 2. The van der Waals surface area contributed by atoms with E-state index in [0.717, 1.165) is 5.56 Å². The molecule has 3 nitrogen and oxygen atoms in total. The lowest BCUT2D eigenvalue weighted by Gasteiger charge is -2.34. The van der Waals surface area contributed by atoms with Gasteiger partial charge in [-0.25, -0.2) is 0 Å². The fraction of sp³-hybridized carbons (Fsp3) is 0.400. The Morgan fingerprint density at radius 3 is 2.44 bits per heavy atom. The van der Waals surface area contributed by atoms with E-state index in [1.807, 2.05) is 55.2 Å². The summed E-state index contributed by atoms with van der Waals surface area (Å²) in [7, 11) is 0. The smallest absolute Gasteiger partial charge is 0.246 e. The van der Waals surface area contributed by atoms with Crippen molar-refractivity contribution in [3.63, 3.8) is 0 Å². The van der Waals surface area contributed by atoms with E-state index in [4.69, 9.17) is 4.74 Å². The molecule has 1 aliphatic heterocycles. The normalized spacial score (nSPS) is 24.4. The second-order valence-electron chi connectivity index (χ2n) is 4.74. The third-order valence-corrected chi connectivity index (χ3v) is 2.95. The summed E-state index contributed by atoms with van der Waals surface area (Å²) in [4.78, 5) is 13.9. The highest BCUT2D eigenvalue weighted by Crippen LogP contribution is 2.11. The maximum atomic E-state index is 12.0. The maximum Gasteiger partial charge on any atom is 0.246 e. The molecule has 0 radical (unpaired) electrons. The highest BCUT2D eigenvalue weighted by atomic mass is 16.5. The predicted molar refractivity (Wildman–Crippen MR) is 72.1 cm³/mol. The van der Waals surface area contributed by atoms with Crippen LogP contribution in [0.2, 0.25) is 0 Å². The van der Waals surface area contributed by atoms with Crippen molar-refractivity contribution in [2.24, 2.45) is 0 Å². The molecular weight excluding hydrogens is 226 g/mol. The maximum absolute atomic E-state index is 12.0. The summed E-state index contributed by atoms with van der Waals surface area (Å²) in [6.45, 7) is 5.33. The van der Waals surface area contributed by atoms with Gasteiger partial charge >= 0.3 is 0 Å². The molecule has 1 amide bonds. The molecule has 0 aliphatic carbocycles. The lowest BCUT2D eigenvalue weighted by molar-refractivity contribution is -0.137. The molecule has 1 saturated heterocycles. The number of amides is 1. The van der Waals surface area contributed by atoms with Crippen molar-refractivity contribution in [3.8, 4) is 0 Å². The van der Waals surface area contributed by atoms with E-state index in [1.165, 1.54) is 0 Å². The Morgan fingerprint density at radius 1 is 1.22 bits per heavy atom. The van der Waals surface area contributed by atoms with Gasteiger partial charge in [0.15, 0.2) is 0 Å². The molecule has 0 spiro atoms. The van der Waals surface area contributed by atoms with Gasteiger partial charge in [-0.2, -0.15) is 0 Å². The number of morpholine rings is 1. The summed E-state index contributed by atoms with van der Waals surface area (Å²) in [5.74, 6) is 0.0563. The van der Waals surface area contributed by atoms with Crippen molar-refractivity contribution < 1.29 is 9.53 Å². The van der Waals surface area contributed by atoms with E-state index in [9.17, 15) is 4.79 Å². The fourth-order valence-corrected chi connectivity index (χ4v) is 2.19. The highest BCUT2D eigenvalue weighted by molar-refractivity contribution is 5.91. The van der Waals surface area contributed by atoms with Crippen molar-refractivity contribution in [2.75, 3.05) is 13.1 Å². The summed E-state index contributed by atoms with van der Waals surface area (Å²) < 4.78 is 5.61. The topological polar surface area (TPSA) is 29.5 Å². The molecule has 0 saturated carbocycles. The molecular formula is C15H19NO2. The second kappa shape index (κ2) is 5.83. The Balaban J connectivity index is 1.97. The van der Waals surface area contributed by atoms with Gasteiger partial charge in [0.25, 0.3) is 0 Å². The van der Waals surface area contributed by atoms with Crippen molar-refractivity contribution >= 4 is 12.0 Å². The van der Waals surface area contributed by atoms with Crippen LogP contribution in [-0.4, -0.2) is 36.1 Å². The third kappa shape index (κ3) is 3.44. The van der Waals surface area contributed by atoms with Crippen LogP contribution in [0.15, 0.2) is 36.4 Å². The number of ether oxygens (including phenoxy) is 1. The first-order valence-corrected chi connectivity index (χ1v) is 6.32.